The summed E-state index contributed by atoms with van der Waals surface area (Å²) in [7, 11) is 0. The quantitative estimate of drug-likeness (QED) is 0.403. The van der Waals surface area contributed by atoms with Crippen LogP contribution < -0.4 is 15.0 Å². The number of para-hydroxylation sites is 1. The number of anilines is 1. The van der Waals surface area contributed by atoms with Gasteiger partial charge in [-0.3, -0.25) is 14.9 Å². The number of hydrogen-bond acceptors (Lipinski definition) is 4. The van der Waals surface area contributed by atoms with Gasteiger partial charge in [-0.05, 0) is 48.4 Å². The first-order valence-electron chi connectivity index (χ1n) is 9.87. The number of barbiturate groups is 1. The van der Waals surface area contributed by atoms with Crippen LogP contribution in [0.15, 0.2) is 82.8 Å². The summed E-state index contributed by atoms with van der Waals surface area (Å²) in [5, 5.41) is 2.25. The minimum Gasteiger partial charge on any atom is -0.488 e. The smallest absolute Gasteiger partial charge is 0.335 e. The average Bonchev–Trinajstić information content (AvgIpc) is 2.78. The lowest BCUT2D eigenvalue weighted by Crippen LogP contribution is -2.54. The van der Waals surface area contributed by atoms with Crippen LogP contribution in [0.5, 0.6) is 5.75 Å². The van der Waals surface area contributed by atoms with E-state index in [4.69, 9.17) is 4.74 Å². The molecule has 1 fully saturated rings. The molecule has 0 unspecified atom stereocenters. The average molecular weight is 491 g/mol. The number of rotatable bonds is 5. The lowest BCUT2D eigenvalue weighted by atomic mass is 10.0. The molecule has 0 atom stereocenters. The second-order valence-corrected chi connectivity index (χ2v) is 8.12. The largest absolute Gasteiger partial charge is 0.488 e. The van der Waals surface area contributed by atoms with E-state index in [0.29, 0.717) is 23.6 Å². The predicted octanol–water partition coefficient (Wildman–Crippen LogP) is 5.00. The van der Waals surface area contributed by atoms with Crippen LogP contribution in [0.25, 0.3) is 6.08 Å². The Hall–Kier alpha value is -3.71. The minimum atomic E-state index is -0.777. The molecule has 3 aromatic rings. The van der Waals surface area contributed by atoms with E-state index in [-0.39, 0.29) is 5.57 Å². The molecule has 1 saturated heterocycles. The number of nitrogens with one attached hydrogen (secondary N) is 1. The lowest BCUT2D eigenvalue weighted by Gasteiger charge is -2.27. The summed E-state index contributed by atoms with van der Waals surface area (Å²) in [5.74, 6) is -0.939. The Kier molecular flexibility index (Phi) is 6.18. The summed E-state index contributed by atoms with van der Waals surface area (Å²) in [5.41, 5.74) is 2.52. The first kappa shape index (κ1) is 21.5. The topological polar surface area (TPSA) is 75.7 Å². The molecule has 0 aromatic heterocycles. The lowest BCUT2D eigenvalue weighted by molar-refractivity contribution is -0.122. The second-order valence-electron chi connectivity index (χ2n) is 7.20. The number of nitrogens with zero attached hydrogens (tertiary/aromatic N) is 1. The highest BCUT2D eigenvalue weighted by Crippen LogP contribution is 2.29. The minimum absolute atomic E-state index is 0.157. The molecule has 0 bridgehead atoms. The van der Waals surface area contributed by atoms with Crippen molar-refractivity contribution in [1.82, 2.24) is 5.32 Å². The van der Waals surface area contributed by atoms with E-state index in [1.807, 2.05) is 42.5 Å². The molecule has 0 saturated carbocycles. The molecule has 32 heavy (non-hydrogen) atoms. The van der Waals surface area contributed by atoms with Crippen molar-refractivity contribution >= 4 is 45.5 Å². The van der Waals surface area contributed by atoms with Crippen molar-refractivity contribution in [3.8, 4) is 5.75 Å². The molecule has 160 valence electrons. The van der Waals surface area contributed by atoms with Crippen LogP contribution in [0.3, 0.4) is 0 Å². The van der Waals surface area contributed by atoms with Gasteiger partial charge in [0.05, 0.1) is 5.69 Å². The molecule has 4 rings (SSSR count). The Morgan fingerprint density at radius 2 is 1.69 bits per heavy atom. The number of aryl methyl sites for hydroxylation is 1. The standard InChI is InChI=1S/C25H19BrN2O4/c1-16-7-5-6-10-21(16)28-24(30)20(23(29)27-25(28)31)14-18-13-19(26)11-12-22(18)32-15-17-8-3-2-4-9-17/h2-14H,15H2,1H3,(H,27,29,31)/b20-14+. The Labute approximate surface area is 193 Å². The van der Waals surface area contributed by atoms with E-state index in [1.54, 1.807) is 37.3 Å². The number of benzene rings is 3. The third-order valence-corrected chi connectivity index (χ3v) is 5.46. The first-order chi connectivity index (χ1) is 15.4. The van der Waals surface area contributed by atoms with Crippen molar-refractivity contribution in [3.63, 3.8) is 0 Å². The van der Waals surface area contributed by atoms with E-state index in [2.05, 4.69) is 21.2 Å². The summed E-state index contributed by atoms with van der Waals surface area (Å²) in [4.78, 5) is 39.2. The zero-order valence-electron chi connectivity index (χ0n) is 17.2. The number of ether oxygens (including phenoxy) is 1. The van der Waals surface area contributed by atoms with E-state index in [0.717, 1.165) is 20.5 Å². The number of hydrogen-bond donors (Lipinski definition) is 1. The Morgan fingerprint density at radius 3 is 2.44 bits per heavy atom. The van der Waals surface area contributed by atoms with Crippen molar-refractivity contribution in [3.05, 3.63) is 99.5 Å². The molecule has 0 radical (unpaired) electrons. The van der Waals surface area contributed by atoms with E-state index in [9.17, 15) is 14.4 Å². The molecular formula is C25H19BrN2O4. The van der Waals surface area contributed by atoms with Crippen LogP contribution in [0.2, 0.25) is 0 Å². The Morgan fingerprint density at radius 1 is 0.969 bits per heavy atom. The van der Waals surface area contributed by atoms with E-state index >= 15 is 0 Å². The maximum absolute atomic E-state index is 13.2. The summed E-state index contributed by atoms with van der Waals surface area (Å²) in [6, 6.07) is 21.2. The zero-order valence-corrected chi connectivity index (χ0v) is 18.8. The molecule has 1 aliphatic heterocycles. The molecule has 4 amide bonds. The molecule has 1 aliphatic rings. The van der Waals surface area contributed by atoms with Gasteiger partial charge in [0, 0.05) is 10.0 Å². The van der Waals surface area contributed by atoms with Gasteiger partial charge in [0.25, 0.3) is 11.8 Å². The summed E-state index contributed by atoms with van der Waals surface area (Å²) in [6.07, 6.45) is 1.44. The highest BCUT2D eigenvalue weighted by molar-refractivity contribution is 9.10. The fourth-order valence-corrected chi connectivity index (χ4v) is 3.72. The van der Waals surface area contributed by atoms with Gasteiger partial charge in [0.2, 0.25) is 0 Å². The van der Waals surface area contributed by atoms with Gasteiger partial charge in [0.1, 0.15) is 17.9 Å². The number of carbonyl (C=O) groups is 3. The van der Waals surface area contributed by atoms with Crippen molar-refractivity contribution < 1.29 is 19.1 Å². The molecule has 1 heterocycles. The second kappa shape index (κ2) is 9.20. The Bertz CT molecular complexity index is 1240. The summed E-state index contributed by atoms with van der Waals surface area (Å²) >= 11 is 3.42. The molecule has 1 N–H and O–H groups in total. The monoisotopic (exact) mass is 490 g/mol. The van der Waals surface area contributed by atoms with Crippen LogP contribution in [-0.2, 0) is 16.2 Å². The maximum atomic E-state index is 13.2. The number of urea groups is 1. The zero-order chi connectivity index (χ0) is 22.7. The number of imide groups is 2. The van der Waals surface area contributed by atoms with E-state index < -0.39 is 17.8 Å². The van der Waals surface area contributed by atoms with Crippen LogP contribution in [0.1, 0.15) is 16.7 Å². The fraction of sp³-hybridized carbons (Fsp3) is 0.0800. The Balaban J connectivity index is 1.69. The van der Waals surface area contributed by atoms with Gasteiger partial charge < -0.3 is 4.74 Å². The van der Waals surface area contributed by atoms with Gasteiger partial charge in [-0.15, -0.1) is 0 Å². The number of halogens is 1. The van der Waals surface area contributed by atoms with Crippen molar-refractivity contribution in [2.24, 2.45) is 0 Å². The van der Waals surface area contributed by atoms with E-state index in [1.165, 1.54) is 6.08 Å². The third-order valence-electron chi connectivity index (χ3n) is 4.97. The summed E-state index contributed by atoms with van der Waals surface area (Å²) < 4.78 is 6.71. The van der Waals surface area contributed by atoms with Gasteiger partial charge in [-0.2, -0.15) is 0 Å². The van der Waals surface area contributed by atoms with Crippen molar-refractivity contribution in [1.29, 1.82) is 0 Å². The van der Waals surface area contributed by atoms with Crippen LogP contribution in [-0.4, -0.2) is 17.8 Å². The van der Waals surface area contributed by atoms with Crippen LogP contribution >= 0.6 is 15.9 Å². The third kappa shape index (κ3) is 4.48. The summed E-state index contributed by atoms with van der Waals surface area (Å²) in [6.45, 7) is 2.12. The SMILES string of the molecule is Cc1ccccc1N1C(=O)NC(=O)/C(=C\c2cc(Br)ccc2OCc2ccccc2)C1=O. The van der Waals surface area contributed by atoms with Gasteiger partial charge in [0.15, 0.2) is 0 Å². The molecule has 7 heteroatoms. The molecular weight excluding hydrogens is 472 g/mol. The van der Waals surface area contributed by atoms with Gasteiger partial charge >= 0.3 is 6.03 Å². The highest BCUT2D eigenvalue weighted by atomic mass is 79.9. The number of amides is 4. The van der Waals surface area contributed by atoms with Gasteiger partial charge in [-0.1, -0.05) is 64.5 Å². The van der Waals surface area contributed by atoms with Gasteiger partial charge in [-0.25, -0.2) is 9.69 Å². The fourth-order valence-electron chi connectivity index (χ4n) is 3.34. The number of carbonyl (C=O) groups excluding carboxylic acids is 3. The van der Waals surface area contributed by atoms with Crippen LogP contribution in [0, 0.1) is 6.92 Å². The molecule has 6 nitrogen and oxygen atoms in total. The van der Waals surface area contributed by atoms with Crippen LogP contribution in [0.4, 0.5) is 10.5 Å². The maximum Gasteiger partial charge on any atom is 0.335 e. The first-order valence-corrected chi connectivity index (χ1v) is 10.7. The molecule has 0 spiro atoms. The highest BCUT2D eigenvalue weighted by Gasteiger charge is 2.37. The van der Waals surface area contributed by atoms with Crippen molar-refractivity contribution in [2.75, 3.05) is 4.90 Å². The normalized spacial score (nSPS) is 15.1. The predicted molar refractivity (Wildman–Crippen MR) is 125 cm³/mol. The molecule has 3 aromatic carbocycles. The molecule has 0 aliphatic carbocycles. The van der Waals surface area contributed by atoms with Crippen molar-refractivity contribution in [2.45, 2.75) is 13.5 Å².